The van der Waals surface area contributed by atoms with E-state index in [1.165, 1.54) is 0 Å². The van der Waals surface area contributed by atoms with Crippen LogP contribution in [0.15, 0.2) is 12.1 Å². The molecule has 0 saturated carbocycles. The molecule has 2 aromatic rings. The highest BCUT2D eigenvalue weighted by Gasteiger charge is 2.06. The fourth-order valence-corrected chi connectivity index (χ4v) is 1.54. The Bertz CT molecular complexity index is 515. The number of hydrogen-bond donors (Lipinski definition) is 2. The number of halogens is 2. The van der Waals surface area contributed by atoms with Gasteiger partial charge in [0, 0.05) is 13.5 Å². The Labute approximate surface area is 103 Å². The van der Waals surface area contributed by atoms with Crippen molar-refractivity contribution in [3.05, 3.63) is 18.0 Å². The largest absolute Gasteiger partial charge is 0.375 e. The van der Waals surface area contributed by atoms with Crippen molar-refractivity contribution in [2.24, 2.45) is 0 Å². The Morgan fingerprint density at radius 3 is 2.94 bits per heavy atom. The van der Waals surface area contributed by atoms with Crippen molar-refractivity contribution in [3.63, 3.8) is 0 Å². The summed E-state index contributed by atoms with van der Waals surface area (Å²) < 4.78 is 28.5. The Hall–Kier alpha value is -1.76. The molecule has 0 fully saturated rings. The molecule has 0 unspecified atom stereocenters. The van der Waals surface area contributed by atoms with Crippen molar-refractivity contribution in [1.82, 2.24) is 15.0 Å². The van der Waals surface area contributed by atoms with Gasteiger partial charge >= 0.3 is 0 Å². The normalized spacial score (nSPS) is 11.3. The van der Waals surface area contributed by atoms with Crippen molar-refractivity contribution >= 4 is 17.0 Å². The molecule has 0 amide bonds. The smallest absolute Gasteiger partial charge is 0.261 e. The van der Waals surface area contributed by atoms with Gasteiger partial charge in [0.25, 0.3) is 6.43 Å². The van der Waals surface area contributed by atoms with Gasteiger partial charge in [0.1, 0.15) is 18.2 Å². The summed E-state index contributed by atoms with van der Waals surface area (Å²) >= 11 is 0. The van der Waals surface area contributed by atoms with Crippen LogP contribution in [0.5, 0.6) is 0 Å². The first-order chi connectivity index (χ1) is 8.69. The van der Waals surface area contributed by atoms with Crippen LogP contribution in [-0.4, -0.2) is 41.6 Å². The molecule has 0 radical (unpaired) electrons. The quantitative estimate of drug-likeness (QED) is 0.774. The lowest BCUT2D eigenvalue weighted by Gasteiger charge is -2.00. The minimum absolute atomic E-state index is 0.211. The van der Waals surface area contributed by atoms with Gasteiger partial charge in [-0.2, -0.15) is 0 Å². The Kier molecular flexibility index (Phi) is 4.03. The molecule has 0 aromatic carbocycles. The third-order valence-electron chi connectivity index (χ3n) is 2.38. The van der Waals surface area contributed by atoms with E-state index in [0.717, 1.165) is 11.3 Å². The zero-order valence-corrected chi connectivity index (χ0v) is 9.91. The van der Waals surface area contributed by atoms with E-state index in [0.29, 0.717) is 17.9 Å². The van der Waals surface area contributed by atoms with E-state index in [-0.39, 0.29) is 6.61 Å². The lowest BCUT2D eigenvalue weighted by Crippen LogP contribution is -2.07. The summed E-state index contributed by atoms with van der Waals surface area (Å²) in [6.07, 6.45) is -1.97. The van der Waals surface area contributed by atoms with Gasteiger partial charge in [-0.15, -0.1) is 0 Å². The number of nitrogens with one attached hydrogen (secondary N) is 2. The Morgan fingerprint density at radius 1 is 1.39 bits per heavy atom. The summed E-state index contributed by atoms with van der Waals surface area (Å²) in [6.45, 7) is -0.328. The molecule has 5 nitrogen and oxygen atoms in total. The first-order valence-electron chi connectivity index (χ1n) is 5.58. The summed E-state index contributed by atoms with van der Waals surface area (Å²) in [6, 6.07) is 3.70. The van der Waals surface area contributed by atoms with Gasteiger partial charge in [-0.1, -0.05) is 0 Å². The maximum atomic E-state index is 11.8. The van der Waals surface area contributed by atoms with E-state index in [9.17, 15) is 8.78 Å². The van der Waals surface area contributed by atoms with Crippen LogP contribution >= 0.6 is 0 Å². The average molecular weight is 256 g/mol. The molecule has 0 aliphatic rings. The second-order valence-corrected chi connectivity index (χ2v) is 3.72. The highest BCUT2D eigenvalue weighted by atomic mass is 19.3. The number of anilines is 1. The first-order valence-corrected chi connectivity index (χ1v) is 5.58. The first kappa shape index (κ1) is 12.7. The second-order valence-electron chi connectivity index (χ2n) is 3.72. The predicted octanol–water partition coefficient (Wildman–Crippen LogP) is 1.82. The molecule has 0 saturated heterocycles. The van der Waals surface area contributed by atoms with E-state index in [2.05, 4.69) is 20.3 Å². The topological polar surface area (TPSA) is 62.8 Å². The number of aromatic amines is 1. The van der Waals surface area contributed by atoms with Crippen molar-refractivity contribution in [2.75, 3.05) is 25.6 Å². The fraction of sp³-hybridized carbons (Fsp3) is 0.455. The summed E-state index contributed by atoms with van der Waals surface area (Å²) in [4.78, 5) is 11.6. The monoisotopic (exact) mass is 256 g/mol. The van der Waals surface area contributed by atoms with Gasteiger partial charge in [0.15, 0.2) is 5.65 Å². The number of rotatable bonds is 6. The number of aromatic nitrogens is 3. The number of hydrogen-bond acceptors (Lipinski definition) is 4. The number of H-pyrrole nitrogens is 1. The molecule has 0 aliphatic carbocycles. The second kappa shape index (κ2) is 5.72. The molecule has 2 aromatic heterocycles. The highest BCUT2D eigenvalue weighted by molar-refractivity contribution is 5.72. The van der Waals surface area contributed by atoms with E-state index in [1.54, 1.807) is 7.05 Å². The Morgan fingerprint density at radius 2 is 2.22 bits per heavy atom. The molecule has 98 valence electrons. The summed E-state index contributed by atoms with van der Waals surface area (Å²) in [5, 5.41) is 2.92. The van der Waals surface area contributed by atoms with Crippen molar-refractivity contribution in [1.29, 1.82) is 0 Å². The van der Waals surface area contributed by atoms with Crippen LogP contribution in [0, 0.1) is 0 Å². The van der Waals surface area contributed by atoms with E-state index in [1.807, 2.05) is 12.1 Å². The highest BCUT2D eigenvalue weighted by Crippen LogP contribution is 2.12. The lowest BCUT2D eigenvalue weighted by molar-refractivity contribution is 0.0183. The molecule has 7 heteroatoms. The number of pyridine rings is 1. The molecule has 2 N–H and O–H groups in total. The van der Waals surface area contributed by atoms with E-state index < -0.39 is 13.0 Å². The zero-order valence-electron chi connectivity index (χ0n) is 9.91. The summed E-state index contributed by atoms with van der Waals surface area (Å²) in [7, 11) is 1.78. The van der Waals surface area contributed by atoms with Crippen LogP contribution in [0.1, 0.15) is 5.82 Å². The maximum Gasteiger partial charge on any atom is 0.261 e. The number of nitrogens with zero attached hydrogens (tertiary/aromatic N) is 2. The molecular formula is C11H14F2N4O. The maximum absolute atomic E-state index is 11.8. The predicted molar refractivity (Wildman–Crippen MR) is 64.0 cm³/mol. The zero-order chi connectivity index (χ0) is 13.0. The molecule has 0 aliphatic heterocycles. The third-order valence-corrected chi connectivity index (χ3v) is 2.38. The number of imidazole rings is 1. The van der Waals surface area contributed by atoms with Crippen molar-refractivity contribution in [2.45, 2.75) is 12.8 Å². The lowest BCUT2D eigenvalue weighted by atomic mass is 10.4. The van der Waals surface area contributed by atoms with Gasteiger partial charge in [0.2, 0.25) is 0 Å². The van der Waals surface area contributed by atoms with Gasteiger partial charge in [-0.25, -0.2) is 18.7 Å². The standard InChI is InChI=1S/C11H14F2N4O/c1-14-9-3-2-7-11(16-9)17-10(15-7)4-5-18-6-8(12)13/h2-3,8H,4-6H2,1H3,(H2,14,15,16,17). The van der Waals surface area contributed by atoms with Crippen LogP contribution in [0.2, 0.25) is 0 Å². The van der Waals surface area contributed by atoms with Crippen molar-refractivity contribution < 1.29 is 13.5 Å². The number of fused-ring (bicyclic) bond motifs is 1. The minimum atomic E-state index is -2.43. The van der Waals surface area contributed by atoms with E-state index >= 15 is 0 Å². The molecule has 2 rings (SSSR count). The van der Waals surface area contributed by atoms with Crippen LogP contribution in [0.3, 0.4) is 0 Å². The molecule has 0 atom stereocenters. The molecule has 18 heavy (non-hydrogen) atoms. The fourth-order valence-electron chi connectivity index (χ4n) is 1.54. The molecule has 0 spiro atoms. The van der Waals surface area contributed by atoms with Gasteiger partial charge in [0.05, 0.1) is 12.1 Å². The summed E-state index contributed by atoms with van der Waals surface area (Å²) in [5.74, 6) is 1.41. The molecule has 0 bridgehead atoms. The molecule has 2 heterocycles. The Balaban J connectivity index is 1.97. The average Bonchev–Trinajstić information content (AvgIpc) is 2.75. The van der Waals surface area contributed by atoms with Crippen LogP contribution in [0.4, 0.5) is 14.6 Å². The van der Waals surface area contributed by atoms with Crippen LogP contribution in [0.25, 0.3) is 11.2 Å². The van der Waals surface area contributed by atoms with E-state index in [4.69, 9.17) is 4.74 Å². The number of alkyl halides is 2. The minimum Gasteiger partial charge on any atom is -0.375 e. The van der Waals surface area contributed by atoms with Gasteiger partial charge in [-0.05, 0) is 12.1 Å². The van der Waals surface area contributed by atoms with Gasteiger partial charge < -0.3 is 15.0 Å². The SMILES string of the molecule is CNc1ccc2[nH]c(CCOCC(F)F)nc2n1. The van der Waals surface area contributed by atoms with Crippen LogP contribution < -0.4 is 5.32 Å². The van der Waals surface area contributed by atoms with Gasteiger partial charge in [-0.3, -0.25) is 0 Å². The van der Waals surface area contributed by atoms with Crippen molar-refractivity contribution in [3.8, 4) is 0 Å². The molecular weight excluding hydrogens is 242 g/mol. The van der Waals surface area contributed by atoms with Crippen LogP contribution in [-0.2, 0) is 11.2 Å². The summed E-state index contributed by atoms with van der Waals surface area (Å²) in [5.41, 5.74) is 1.42. The number of ether oxygens (including phenoxy) is 1. The third kappa shape index (κ3) is 3.13.